The maximum atomic E-state index is 10.4. The second-order valence-electron chi connectivity index (χ2n) is 5.52. The van der Waals surface area contributed by atoms with E-state index in [4.69, 9.17) is 9.84 Å². The first kappa shape index (κ1) is 16.5. The number of hydrogen-bond acceptors (Lipinski definition) is 3. The lowest BCUT2D eigenvalue weighted by molar-refractivity contribution is 0.0787. The van der Waals surface area contributed by atoms with E-state index in [0.717, 1.165) is 37.2 Å². The number of aliphatic hydroxyl groups is 1. The SMILES string of the molecule is O=C(O)NCCC(O)c1cccc(/C=C/C2CCOCC2)c1. The number of ether oxygens (including phenoxy) is 1. The third-order valence-electron chi connectivity index (χ3n) is 3.82. The standard InChI is InChI=1S/C17H23NO4/c19-16(6-9-18-17(20)21)15-3-1-2-14(12-15)5-4-13-7-10-22-11-8-13/h1-5,12-13,16,18-19H,6-11H2,(H,20,21)/b5-4+. The van der Waals surface area contributed by atoms with Crippen LogP contribution in [-0.4, -0.2) is 36.1 Å². The average Bonchev–Trinajstić information content (AvgIpc) is 2.54. The Balaban J connectivity index is 1.90. The summed E-state index contributed by atoms with van der Waals surface area (Å²) in [5.74, 6) is 0.557. The molecular formula is C17H23NO4. The van der Waals surface area contributed by atoms with Crippen LogP contribution in [0.3, 0.4) is 0 Å². The summed E-state index contributed by atoms with van der Waals surface area (Å²) < 4.78 is 5.34. The van der Waals surface area contributed by atoms with E-state index in [0.29, 0.717) is 12.3 Å². The van der Waals surface area contributed by atoms with Gasteiger partial charge in [-0.05, 0) is 42.4 Å². The molecule has 1 aliphatic heterocycles. The quantitative estimate of drug-likeness (QED) is 0.755. The van der Waals surface area contributed by atoms with Crippen molar-refractivity contribution in [2.75, 3.05) is 19.8 Å². The number of hydrogen-bond donors (Lipinski definition) is 3. The molecule has 120 valence electrons. The van der Waals surface area contributed by atoms with Gasteiger partial charge in [-0.15, -0.1) is 0 Å². The Labute approximate surface area is 130 Å². The van der Waals surface area contributed by atoms with Crippen LogP contribution in [0.1, 0.15) is 36.5 Å². The minimum atomic E-state index is -1.07. The molecule has 3 N–H and O–H groups in total. The van der Waals surface area contributed by atoms with Crippen molar-refractivity contribution < 1.29 is 19.7 Å². The number of amides is 1. The Morgan fingerprint density at radius 1 is 1.41 bits per heavy atom. The van der Waals surface area contributed by atoms with E-state index in [1.54, 1.807) is 0 Å². The minimum Gasteiger partial charge on any atom is -0.465 e. The van der Waals surface area contributed by atoms with Crippen LogP contribution in [0, 0.1) is 5.92 Å². The molecule has 0 spiro atoms. The van der Waals surface area contributed by atoms with E-state index in [1.807, 2.05) is 24.3 Å². The highest BCUT2D eigenvalue weighted by atomic mass is 16.5. The summed E-state index contributed by atoms with van der Waals surface area (Å²) >= 11 is 0. The fraction of sp³-hybridized carbons (Fsp3) is 0.471. The van der Waals surface area contributed by atoms with Gasteiger partial charge >= 0.3 is 6.09 Å². The smallest absolute Gasteiger partial charge is 0.404 e. The van der Waals surface area contributed by atoms with Crippen molar-refractivity contribution >= 4 is 12.2 Å². The Morgan fingerprint density at radius 3 is 2.91 bits per heavy atom. The van der Waals surface area contributed by atoms with Crippen molar-refractivity contribution in [3.8, 4) is 0 Å². The predicted molar refractivity (Wildman–Crippen MR) is 84.6 cm³/mol. The van der Waals surface area contributed by atoms with E-state index in [-0.39, 0.29) is 6.54 Å². The summed E-state index contributed by atoms with van der Waals surface area (Å²) in [4.78, 5) is 10.4. The van der Waals surface area contributed by atoms with Crippen molar-refractivity contribution in [2.45, 2.75) is 25.4 Å². The van der Waals surface area contributed by atoms with E-state index in [9.17, 15) is 9.90 Å². The zero-order valence-corrected chi connectivity index (χ0v) is 12.6. The molecule has 2 rings (SSSR count). The molecule has 1 aromatic rings. The summed E-state index contributed by atoms with van der Waals surface area (Å²) in [6.45, 7) is 1.88. The fourth-order valence-electron chi connectivity index (χ4n) is 2.51. The topological polar surface area (TPSA) is 78.8 Å². The number of nitrogens with one attached hydrogen (secondary N) is 1. The number of allylic oxidation sites excluding steroid dienone is 1. The molecule has 22 heavy (non-hydrogen) atoms. The Bertz CT molecular complexity index is 509. The van der Waals surface area contributed by atoms with Crippen LogP contribution in [0.15, 0.2) is 30.3 Å². The summed E-state index contributed by atoms with van der Waals surface area (Å²) in [6, 6.07) is 7.72. The van der Waals surface area contributed by atoms with Crippen LogP contribution >= 0.6 is 0 Å². The maximum absolute atomic E-state index is 10.4. The lowest BCUT2D eigenvalue weighted by atomic mass is 9.98. The zero-order chi connectivity index (χ0) is 15.8. The Morgan fingerprint density at radius 2 is 2.18 bits per heavy atom. The van der Waals surface area contributed by atoms with E-state index < -0.39 is 12.2 Å². The van der Waals surface area contributed by atoms with Crippen LogP contribution < -0.4 is 5.32 Å². The highest BCUT2D eigenvalue weighted by Crippen LogP contribution is 2.20. The first-order valence-corrected chi connectivity index (χ1v) is 7.66. The predicted octanol–water partition coefficient (Wildman–Crippen LogP) is 2.82. The maximum Gasteiger partial charge on any atom is 0.404 e. The van der Waals surface area contributed by atoms with Gasteiger partial charge in [0.1, 0.15) is 0 Å². The van der Waals surface area contributed by atoms with Crippen molar-refractivity contribution in [1.82, 2.24) is 5.32 Å². The van der Waals surface area contributed by atoms with Crippen molar-refractivity contribution in [1.29, 1.82) is 0 Å². The van der Waals surface area contributed by atoms with E-state index in [1.165, 1.54) is 0 Å². The molecule has 1 aromatic carbocycles. The highest BCUT2D eigenvalue weighted by molar-refractivity contribution is 5.64. The first-order chi connectivity index (χ1) is 10.6. The number of carbonyl (C=O) groups is 1. The van der Waals surface area contributed by atoms with Crippen LogP contribution in [0.4, 0.5) is 4.79 Å². The summed E-state index contributed by atoms with van der Waals surface area (Å²) in [5, 5.41) is 20.9. The molecule has 1 heterocycles. The molecule has 1 unspecified atom stereocenters. The zero-order valence-electron chi connectivity index (χ0n) is 12.6. The molecule has 1 fully saturated rings. The second kappa shape index (κ2) is 8.56. The minimum absolute atomic E-state index is 0.235. The monoisotopic (exact) mass is 305 g/mol. The van der Waals surface area contributed by atoms with Gasteiger partial charge in [0.25, 0.3) is 0 Å². The van der Waals surface area contributed by atoms with Crippen LogP contribution in [0.2, 0.25) is 0 Å². The van der Waals surface area contributed by atoms with Crippen molar-refractivity contribution in [2.24, 2.45) is 5.92 Å². The second-order valence-corrected chi connectivity index (χ2v) is 5.52. The molecule has 1 saturated heterocycles. The first-order valence-electron chi connectivity index (χ1n) is 7.66. The fourth-order valence-corrected chi connectivity index (χ4v) is 2.51. The van der Waals surface area contributed by atoms with Crippen molar-refractivity contribution in [3.63, 3.8) is 0 Å². The largest absolute Gasteiger partial charge is 0.465 e. The number of aliphatic hydroxyl groups excluding tert-OH is 1. The molecular weight excluding hydrogens is 282 g/mol. The number of benzene rings is 1. The van der Waals surface area contributed by atoms with Gasteiger partial charge in [-0.25, -0.2) is 4.79 Å². The molecule has 1 aliphatic rings. The van der Waals surface area contributed by atoms with Gasteiger partial charge in [0.15, 0.2) is 0 Å². The van der Waals surface area contributed by atoms with Gasteiger partial charge in [-0.2, -0.15) is 0 Å². The van der Waals surface area contributed by atoms with Crippen LogP contribution in [0.5, 0.6) is 0 Å². The molecule has 1 amide bonds. The van der Waals surface area contributed by atoms with Gasteiger partial charge in [0.05, 0.1) is 6.10 Å². The van der Waals surface area contributed by atoms with Crippen LogP contribution in [0.25, 0.3) is 6.08 Å². The normalized spacial score (nSPS) is 17.5. The van der Waals surface area contributed by atoms with Gasteiger partial charge < -0.3 is 20.3 Å². The molecule has 0 aromatic heterocycles. The molecule has 1 atom stereocenters. The van der Waals surface area contributed by atoms with Crippen molar-refractivity contribution in [3.05, 3.63) is 41.5 Å². The summed E-state index contributed by atoms with van der Waals surface area (Å²) in [6.07, 6.45) is 5.03. The molecule has 5 heteroatoms. The number of rotatable bonds is 6. The highest BCUT2D eigenvalue weighted by Gasteiger charge is 2.11. The Kier molecular flexibility index (Phi) is 6.43. The molecule has 5 nitrogen and oxygen atoms in total. The summed E-state index contributed by atoms with van der Waals surface area (Å²) in [7, 11) is 0. The van der Waals surface area contributed by atoms with Gasteiger partial charge in [-0.3, -0.25) is 0 Å². The molecule has 0 bridgehead atoms. The molecule has 0 saturated carbocycles. The van der Waals surface area contributed by atoms with Crippen LogP contribution in [-0.2, 0) is 4.74 Å². The van der Waals surface area contributed by atoms with Gasteiger partial charge in [-0.1, -0.05) is 30.4 Å². The third kappa shape index (κ3) is 5.50. The lowest BCUT2D eigenvalue weighted by Crippen LogP contribution is -2.23. The summed E-state index contributed by atoms with van der Waals surface area (Å²) in [5.41, 5.74) is 1.86. The van der Waals surface area contributed by atoms with E-state index in [2.05, 4.69) is 17.5 Å². The molecule has 0 aliphatic carbocycles. The van der Waals surface area contributed by atoms with E-state index >= 15 is 0 Å². The third-order valence-corrected chi connectivity index (χ3v) is 3.82. The number of carboxylic acid groups (broad SMARTS) is 1. The Hall–Kier alpha value is -1.85. The average molecular weight is 305 g/mol. The lowest BCUT2D eigenvalue weighted by Gasteiger charge is -2.18. The molecule has 0 radical (unpaired) electrons. The van der Waals surface area contributed by atoms with Gasteiger partial charge in [0.2, 0.25) is 0 Å². The van der Waals surface area contributed by atoms with Gasteiger partial charge in [0, 0.05) is 19.8 Å².